The van der Waals surface area contributed by atoms with Gasteiger partial charge in [-0.05, 0) is 35.2 Å². The molecule has 0 amide bonds. The van der Waals surface area contributed by atoms with Crippen LogP contribution in [-0.2, 0) is 17.9 Å². The summed E-state index contributed by atoms with van der Waals surface area (Å²) in [5, 5.41) is 4.66. The highest BCUT2D eigenvalue weighted by Gasteiger charge is 1.94. The zero-order valence-corrected chi connectivity index (χ0v) is 11.6. The monoisotopic (exact) mass is 273 g/mol. The van der Waals surface area contributed by atoms with Crippen LogP contribution in [0.3, 0.4) is 0 Å². The first-order valence-electron chi connectivity index (χ1n) is 6.26. The molecule has 2 aromatic carbocycles. The van der Waals surface area contributed by atoms with Crippen molar-refractivity contribution in [3.8, 4) is 0 Å². The maximum absolute atomic E-state index is 5.89. The molecule has 2 rings (SSSR count). The molecule has 0 unspecified atom stereocenters. The van der Waals surface area contributed by atoms with Gasteiger partial charge in [-0.3, -0.25) is 0 Å². The second kappa shape index (κ2) is 6.95. The fourth-order valence-corrected chi connectivity index (χ4v) is 1.89. The standard InChI is InChI=1S/C16H16ClNO/c1-2-13-6-8-14(9-7-13)11-18-19-12-15-4-3-5-16(17)10-15/h3-11H,2,12H2,1H3. The van der Waals surface area contributed by atoms with E-state index in [0.29, 0.717) is 11.6 Å². The zero-order chi connectivity index (χ0) is 13.5. The highest BCUT2D eigenvalue weighted by atomic mass is 35.5. The van der Waals surface area contributed by atoms with Crippen LogP contribution >= 0.6 is 11.6 Å². The largest absolute Gasteiger partial charge is 0.391 e. The van der Waals surface area contributed by atoms with Crippen LogP contribution in [0, 0.1) is 0 Å². The molecule has 0 saturated heterocycles. The number of hydrogen-bond donors (Lipinski definition) is 0. The average molecular weight is 274 g/mol. The predicted octanol–water partition coefficient (Wildman–Crippen LogP) is 4.45. The second-order valence-electron chi connectivity index (χ2n) is 4.23. The Labute approximate surface area is 118 Å². The van der Waals surface area contributed by atoms with Gasteiger partial charge in [0.1, 0.15) is 6.61 Å². The van der Waals surface area contributed by atoms with Crippen molar-refractivity contribution in [2.24, 2.45) is 5.16 Å². The first-order chi connectivity index (χ1) is 9.28. The normalized spacial score (nSPS) is 10.8. The van der Waals surface area contributed by atoms with Crippen LogP contribution in [0.25, 0.3) is 0 Å². The highest BCUT2D eigenvalue weighted by molar-refractivity contribution is 6.30. The van der Waals surface area contributed by atoms with Gasteiger partial charge in [0.15, 0.2) is 0 Å². The van der Waals surface area contributed by atoms with Crippen LogP contribution in [0.5, 0.6) is 0 Å². The number of benzene rings is 2. The summed E-state index contributed by atoms with van der Waals surface area (Å²) in [5.74, 6) is 0. The van der Waals surface area contributed by atoms with E-state index in [0.717, 1.165) is 17.5 Å². The summed E-state index contributed by atoms with van der Waals surface area (Å²) in [6, 6.07) is 15.8. The van der Waals surface area contributed by atoms with Gasteiger partial charge in [0.25, 0.3) is 0 Å². The van der Waals surface area contributed by atoms with Gasteiger partial charge in [-0.15, -0.1) is 0 Å². The SMILES string of the molecule is CCc1ccc(C=NOCc2cccc(Cl)c2)cc1. The third-order valence-electron chi connectivity index (χ3n) is 2.78. The van der Waals surface area contributed by atoms with Crippen LogP contribution in [0.2, 0.25) is 5.02 Å². The molecule has 0 atom stereocenters. The lowest BCUT2D eigenvalue weighted by Crippen LogP contribution is -1.88. The van der Waals surface area contributed by atoms with E-state index in [9.17, 15) is 0 Å². The van der Waals surface area contributed by atoms with Crippen LogP contribution in [-0.4, -0.2) is 6.21 Å². The highest BCUT2D eigenvalue weighted by Crippen LogP contribution is 2.11. The second-order valence-corrected chi connectivity index (χ2v) is 4.67. The molecule has 0 spiro atoms. The fraction of sp³-hybridized carbons (Fsp3) is 0.188. The molecular formula is C16H16ClNO. The van der Waals surface area contributed by atoms with E-state index >= 15 is 0 Å². The molecule has 2 nitrogen and oxygen atoms in total. The lowest BCUT2D eigenvalue weighted by atomic mass is 10.1. The minimum Gasteiger partial charge on any atom is -0.391 e. The molecule has 0 aromatic heterocycles. The van der Waals surface area contributed by atoms with E-state index in [1.54, 1.807) is 6.21 Å². The number of aryl methyl sites for hydroxylation is 1. The third-order valence-corrected chi connectivity index (χ3v) is 3.02. The number of hydrogen-bond acceptors (Lipinski definition) is 2. The summed E-state index contributed by atoms with van der Waals surface area (Å²) in [5.41, 5.74) is 3.35. The van der Waals surface area contributed by atoms with Gasteiger partial charge < -0.3 is 4.84 Å². The first kappa shape index (κ1) is 13.6. The molecule has 98 valence electrons. The van der Waals surface area contributed by atoms with Crippen LogP contribution in [0.1, 0.15) is 23.6 Å². The van der Waals surface area contributed by atoms with Crippen LogP contribution < -0.4 is 0 Å². The number of oxime groups is 1. The molecule has 0 heterocycles. The predicted molar refractivity (Wildman–Crippen MR) is 79.7 cm³/mol. The minimum atomic E-state index is 0.421. The number of halogens is 1. The van der Waals surface area contributed by atoms with Gasteiger partial charge in [-0.25, -0.2) is 0 Å². The molecule has 0 aliphatic heterocycles. The number of rotatable bonds is 5. The van der Waals surface area contributed by atoms with Crippen molar-refractivity contribution < 1.29 is 4.84 Å². The van der Waals surface area contributed by atoms with Crippen molar-refractivity contribution in [3.05, 3.63) is 70.2 Å². The van der Waals surface area contributed by atoms with E-state index in [2.05, 4.69) is 24.2 Å². The molecule has 0 aliphatic rings. The average Bonchev–Trinajstić information content (AvgIpc) is 2.44. The Morgan fingerprint density at radius 3 is 2.58 bits per heavy atom. The lowest BCUT2D eigenvalue weighted by molar-refractivity contribution is 0.132. The maximum Gasteiger partial charge on any atom is 0.142 e. The fourth-order valence-electron chi connectivity index (χ4n) is 1.68. The lowest BCUT2D eigenvalue weighted by Gasteiger charge is -2.00. The van der Waals surface area contributed by atoms with Crippen molar-refractivity contribution in [2.45, 2.75) is 20.0 Å². The summed E-state index contributed by atoms with van der Waals surface area (Å²) < 4.78 is 0. The Balaban J connectivity index is 1.86. The minimum absolute atomic E-state index is 0.421. The molecule has 0 aliphatic carbocycles. The van der Waals surface area contributed by atoms with Crippen molar-refractivity contribution in [1.29, 1.82) is 0 Å². The van der Waals surface area contributed by atoms with E-state index in [4.69, 9.17) is 16.4 Å². The molecule has 0 saturated carbocycles. The molecule has 0 bridgehead atoms. The molecule has 3 heteroatoms. The van der Waals surface area contributed by atoms with Crippen molar-refractivity contribution in [2.75, 3.05) is 0 Å². The Bertz CT molecular complexity index is 549. The van der Waals surface area contributed by atoms with Crippen molar-refractivity contribution in [3.63, 3.8) is 0 Å². The summed E-state index contributed by atoms with van der Waals surface area (Å²) in [7, 11) is 0. The van der Waals surface area contributed by atoms with E-state index in [1.165, 1.54) is 5.56 Å². The topological polar surface area (TPSA) is 21.6 Å². The summed E-state index contributed by atoms with van der Waals surface area (Å²) in [4.78, 5) is 5.25. The summed E-state index contributed by atoms with van der Waals surface area (Å²) in [6.07, 6.45) is 2.76. The zero-order valence-electron chi connectivity index (χ0n) is 10.8. The van der Waals surface area contributed by atoms with Gasteiger partial charge in [-0.2, -0.15) is 0 Å². The molecule has 0 N–H and O–H groups in total. The quantitative estimate of drug-likeness (QED) is 0.582. The van der Waals surface area contributed by atoms with Gasteiger partial charge >= 0.3 is 0 Å². The first-order valence-corrected chi connectivity index (χ1v) is 6.64. The van der Waals surface area contributed by atoms with Crippen LogP contribution in [0.15, 0.2) is 53.7 Å². The smallest absolute Gasteiger partial charge is 0.142 e. The van der Waals surface area contributed by atoms with Gasteiger partial charge in [0.2, 0.25) is 0 Å². The van der Waals surface area contributed by atoms with E-state index in [1.807, 2.05) is 36.4 Å². The molecular weight excluding hydrogens is 258 g/mol. The van der Waals surface area contributed by atoms with Crippen LogP contribution in [0.4, 0.5) is 0 Å². The molecule has 19 heavy (non-hydrogen) atoms. The molecule has 2 aromatic rings. The van der Waals surface area contributed by atoms with E-state index in [-0.39, 0.29) is 0 Å². The summed E-state index contributed by atoms with van der Waals surface area (Å²) >= 11 is 5.89. The Morgan fingerprint density at radius 1 is 1.11 bits per heavy atom. The van der Waals surface area contributed by atoms with Gasteiger partial charge in [0, 0.05) is 5.02 Å². The van der Waals surface area contributed by atoms with Gasteiger partial charge in [-0.1, -0.05) is 60.1 Å². The van der Waals surface area contributed by atoms with E-state index < -0.39 is 0 Å². The third kappa shape index (κ3) is 4.42. The van der Waals surface area contributed by atoms with Crippen molar-refractivity contribution in [1.82, 2.24) is 0 Å². The number of nitrogens with zero attached hydrogens (tertiary/aromatic N) is 1. The Kier molecular flexibility index (Phi) is 4.99. The molecule has 0 fully saturated rings. The molecule has 0 radical (unpaired) electrons. The maximum atomic E-state index is 5.89. The van der Waals surface area contributed by atoms with Gasteiger partial charge in [0.05, 0.1) is 6.21 Å². The summed E-state index contributed by atoms with van der Waals surface area (Å²) in [6.45, 7) is 2.56. The Morgan fingerprint density at radius 2 is 1.89 bits per heavy atom. The van der Waals surface area contributed by atoms with Crippen molar-refractivity contribution >= 4 is 17.8 Å². The Hall–Kier alpha value is -1.80.